The molecule has 2 nitrogen and oxygen atoms in total. The molecule has 246 valence electrons. The largest absolute Gasteiger partial charge is 0.455 e. The van der Waals surface area contributed by atoms with E-state index in [-0.39, 0.29) is 0 Å². The summed E-state index contributed by atoms with van der Waals surface area (Å²) in [6, 6.07) is 75.1. The number of para-hydroxylation sites is 2. The van der Waals surface area contributed by atoms with Crippen molar-refractivity contribution in [1.82, 2.24) is 0 Å². The Kier molecular flexibility index (Phi) is 8.24. The van der Waals surface area contributed by atoms with E-state index in [1.807, 2.05) is 12.1 Å². The van der Waals surface area contributed by atoms with Crippen LogP contribution in [0.3, 0.4) is 0 Å². The molecule has 8 aromatic carbocycles. The lowest BCUT2D eigenvalue weighted by Gasteiger charge is -2.28. The van der Waals surface area contributed by atoms with Gasteiger partial charge < -0.3 is 9.32 Å². The molecule has 9 aromatic rings. The fourth-order valence-corrected chi connectivity index (χ4v) is 7.20. The summed E-state index contributed by atoms with van der Waals surface area (Å²) < 4.78 is 6.56. The van der Waals surface area contributed by atoms with Crippen LogP contribution in [-0.2, 0) is 0 Å². The minimum absolute atomic E-state index is 0.882. The van der Waals surface area contributed by atoms with Crippen LogP contribution in [0.2, 0.25) is 0 Å². The molecular formula is C50H35NO. The van der Waals surface area contributed by atoms with Crippen LogP contribution in [0.25, 0.3) is 66.8 Å². The molecule has 0 aliphatic rings. The summed E-state index contributed by atoms with van der Waals surface area (Å²) >= 11 is 0. The molecule has 0 saturated heterocycles. The van der Waals surface area contributed by atoms with Gasteiger partial charge in [-0.25, -0.2) is 0 Å². The number of benzene rings is 8. The summed E-state index contributed by atoms with van der Waals surface area (Å²) in [5, 5.41) is 1.12. The van der Waals surface area contributed by atoms with Crippen LogP contribution >= 0.6 is 0 Å². The van der Waals surface area contributed by atoms with E-state index in [1.165, 1.54) is 22.3 Å². The van der Waals surface area contributed by atoms with Gasteiger partial charge in [0, 0.05) is 33.5 Å². The van der Waals surface area contributed by atoms with Crippen LogP contribution in [0.5, 0.6) is 0 Å². The average molecular weight is 666 g/mol. The monoisotopic (exact) mass is 665 g/mol. The van der Waals surface area contributed by atoms with Crippen LogP contribution in [0.1, 0.15) is 0 Å². The zero-order chi connectivity index (χ0) is 34.7. The van der Waals surface area contributed by atoms with Crippen molar-refractivity contribution in [1.29, 1.82) is 0 Å². The van der Waals surface area contributed by atoms with Gasteiger partial charge in [-0.05, 0) is 75.8 Å². The summed E-state index contributed by atoms with van der Waals surface area (Å²) in [5.74, 6) is 0.882. The molecule has 0 N–H and O–H groups in total. The lowest BCUT2D eigenvalue weighted by molar-refractivity contribution is 0.632. The van der Waals surface area contributed by atoms with E-state index in [1.54, 1.807) is 0 Å². The number of rotatable bonds is 8. The Labute approximate surface area is 304 Å². The third-order valence-electron chi connectivity index (χ3n) is 9.68. The number of nitrogens with zero attached hydrogens (tertiary/aromatic N) is 1. The van der Waals surface area contributed by atoms with Gasteiger partial charge in [-0.1, -0.05) is 170 Å². The third-order valence-corrected chi connectivity index (χ3v) is 9.68. The molecule has 0 aliphatic heterocycles. The lowest BCUT2D eigenvalue weighted by Crippen LogP contribution is -2.11. The normalized spacial score (nSPS) is 11.1. The molecule has 0 unspecified atom stereocenters. The first-order valence-electron chi connectivity index (χ1n) is 17.7. The van der Waals surface area contributed by atoms with Gasteiger partial charge in [0.2, 0.25) is 0 Å². The molecule has 0 fully saturated rings. The average Bonchev–Trinajstić information content (AvgIpc) is 3.63. The van der Waals surface area contributed by atoms with E-state index in [0.717, 1.165) is 61.6 Å². The van der Waals surface area contributed by atoms with Gasteiger partial charge in [-0.2, -0.15) is 0 Å². The smallest absolute Gasteiger partial charge is 0.143 e. The summed E-state index contributed by atoms with van der Waals surface area (Å²) in [6.45, 7) is 0. The van der Waals surface area contributed by atoms with Gasteiger partial charge in [0.15, 0.2) is 0 Å². The number of hydrogen-bond acceptors (Lipinski definition) is 2. The molecule has 0 amide bonds. The van der Waals surface area contributed by atoms with Crippen molar-refractivity contribution in [3.8, 4) is 55.8 Å². The maximum absolute atomic E-state index is 6.56. The molecule has 9 rings (SSSR count). The van der Waals surface area contributed by atoms with Crippen LogP contribution in [0, 0.1) is 0 Å². The van der Waals surface area contributed by atoms with Gasteiger partial charge in [0.25, 0.3) is 0 Å². The standard InChI is InChI=1S/C50H35NO/c1-4-16-36(17-5-1)41-23-15-25-44(35-41)51(47-28-12-10-26-45(47)38-18-6-2-7-19-38)43-32-30-37(31-33-43)40-22-14-24-42(34-40)50-49(39-20-8-3-9-21-39)46-27-11-13-29-48(46)52-50/h1-35H. The molecule has 0 aliphatic carbocycles. The van der Waals surface area contributed by atoms with Crippen LogP contribution in [0.15, 0.2) is 217 Å². The second-order valence-corrected chi connectivity index (χ2v) is 12.9. The number of anilines is 3. The maximum Gasteiger partial charge on any atom is 0.143 e. The van der Waals surface area contributed by atoms with Gasteiger partial charge in [-0.15, -0.1) is 0 Å². The first-order valence-corrected chi connectivity index (χ1v) is 17.7. The molecule has 1 heterocycles. The molecule has 0 bridgehead atoms. The van der Waals surface area contributed by atoms with Gasteiger partial charge in [0.1, 0.15) is 11.3 Å². The summed E-state index contributed by atoms with van der Waals surface area (Å²) in [5.41, 5.74) is 14.5. The van der Waals surface area contributed by atoms with Crippen LogP contribution in [-0.4, -0.2) is 0 Å². The summed E-state index contributed by atoms with van der Waals surface area (Å²) in [7, 11) is 0. The van der Waals surface area contributed by atoms with Crippen molar-refractivity contribution in [2.45, 2.75) is 0 Å². The number of hydrogen-bond donors (Lipinski definition) is 0. The molecule has 1 aromatic heterocycles. The minimum atomic E-state index is 0.882. The zero-order valence-electron chi connectivity index (χ0n) is 28.6. The van der Waals surface area contributed by atoms with Crippen molar-refractivity contribution in [2.75, 3.05) is 4.90 Å². The van der Waals surface area contributed by atoms with E-state index in [9.17, 15) is 0 Å². The molecule has 2 heteroatoms. The van der Waals surface area contributed by atoms with Crippen molar-refractivity contribution in [3.05, 3.63) is 212 Å². The van der Waals surface area contributed by atoms with Gasteiger partial charge in [-0.3, -0.25) is 0 Å². The highest BCUT2D eigenvalue weighted by Gasteiger charge is 2.20. The number of furan rings is 1. The molecule has 0 radical (unpaired) electrons. The highest BCUT2D eigenvalue weighted by atomic mass is 16.3. The van der Waals surface area contributed by atoms with E-state index in [0.29, 0.717) is 0 Å². The molecule has 0 saturated carbocycles. The Morgan fingerprint density at radius 1 is 0.327 bits per heavy atom. The van der Waals surface area contributed by atoms with Crippen molar-refractivity contribution >= 4 is 28.0 Å². The van der Waals surface area contributed by atoms with Crippen molar-refractivity contribution in [2.24, 2.45) is 0 Å². The summed E-state index contributed by atoms with van der Waals surface area (Å²) in [4.78, 5) is 2.37. The van der Waals surface area contributed by atoms with Gasteiger partial charge >= 0.3 is 0 Å². The summed E-state index contributed by atoms with van der Waals surface area (Å²) in [6.07, 6.45) is 0. The molecular weight excluding hydrogens is 631 g/mol. The van der Waals surface area contributed by atoms with E-state index < -0.39 is 0 Å². The Hall–Kier alpha value is -6.90. The highest BCUT2D eigenvalue weighted by Crippen LogP contribution is 2.44. The fraction of sp³-hybridized carbons (Fsp3) is 0. The number of fused-ring (bicyclic) bond motifs is 1. The van der Waals surface area contributed by atoms with Crippen LogP contribution < -0.4 is 4.90 Å². The van der Waals surface area contributed by atoms with Gasteiger partial charge in [0.05, 0.1) is 5.69 Å². The first kappa shape index (κ1) is 31.1. The predicted octanol–water partition coefficient (Wildman–Crippen LogP) is 14.2. The van der Waals surface area contributed by atoms with E-state index in [2.05, 4.69) is 205 Å². The predicted molar refractivity (Wildman–Crippen MR) is 218 cm³/mol. The topological polar surface area (TPSA) is 16.4 Å². The quantitative estimate of drug-likeness (QED) is 0.161. The second-order valence-electron chi connectivity index (χ2n) is 12.9. The Morgan fingerprint density at radius 3 is 1.62 bits per heavy atom. The fourth-order valence-electron chi connectivity index (χ4n) is 7.20. The maximum atomic E-state index is 6.56. The van der Waals surface area contributed by atoms with Crippen molar-refractivity contribution in [3.63, 3.8) is 0 Å². The highest BCUT2D eigenvalue weighted by molar-refractivity contribution is 6.02. The molecule has 0 atom stereocenters. The van der Waals surface area contributed by atoms with Crippen LogP contribution in [0.4, 0.5) is 17.1 Å². The Bertz CT molecular complexity index is 2610. The molecule has 0 spiro atoms. The van der Waals surface area contributed by atoms with E-state index >= 15 is 0 Å². The second kappa shape index (κ2) is 13.8. The zero-order valence-corrected chi connectivity index (χ0v) is 28.6. The third kappa shape index (κ3) is 5.97. The first-order chi connectivity index (χ1) is 25.8. The Morgan fingerprint density at radius 2 is 0.865 bits per heavy atom. The van der Waals surface area contributed by atoms with E-state index in [4.69, 9.17) is 4.42 Å². The minimum Gasteiger partial charge on any atom is -0.455 e. The lowest BCUT2D eigenvalue weighted by atomic mass is 9.96. The van der Waals surface area contributed by atoms with Crippen molar-refractivity contribution < 1.29 is 4.42 Å². The Balaban J connectivity index is 1.14. The molecule has 52 heavy (non-hydrogen) atoms. The SMILES string of the molecule is c1ccc(-c2cccc(N(c3ccc(-c4cccc(-c5oc6ccccc6c5-c5ccccc5)c4)cc3)c3ccccc3-c3ccccc3)c2)cc1.